The van der Waals surface area contributed by atoms with Crippen molar-refractivity contribution in [2.45, 2.75) is 32.1 Å². The maximum atomic E-state index is 12.7. The molecule has 2 aromatic heterocycles. The molecule has 0 bridgehead atoms. The van der Waals surface area contributed by atoms with Gasteiger partial charge in [0.05, 0.1) is 24.7 Å². The number of aromatic nitrogens is 3. The van der Waals surface area contributed by atoms with Crippen LogP contribution in [0.25, 0.3) is 5.69 Å². The van der Waals surface area contributed by atoms with Crippen molar-refractivity contribution in [1.82, 2.24) is 20.1 Å². The number of rotatable bonds is 6. The largest absolute Gasteiger partial charge is 0.481 e. The van der Waals surface area contributed by atoms with E-state index >= 15 is 0 Å². The number of ether oxygens (including phenoxy) is 1. The minimum Gasteiger partial charge on any atom is -0.481 e. The second-order valence-electron chi connectivity index (χ2n) is 6.44. The summed E-state index contributed by atoms with van der Waals surface area (Å²) in [6, 6.07) is 14.0. The van der Waals surface area contributed by atoms with Crippen LogP contribution in [0.4, 0.5) is 13.2 Å². The maximum absolute atomic E-state index is 12.7. The molecule has 2 atom stereocenters. The van der Waals surface area contributed by atoms with Crippen molar-refractivity contribution in [3.05, 3.63) is 71.7 Å². The second-order valence-corrected chi connectivity index (χ2v) is 6.44. The first-order valence-electron chi connectivity index (χ1n) is 8.78. The van der Waals surface area contributed by atoms with Crippen LogP contribution in [0.3, 0.4) is 0 Å². The fourth-order valence-corrected chi connectivity index (χ4v) is 2.90. The SMILES string of the molecule is COc1cc(C(C)N[C@H](C)c2ccccc2)nn1-c1ccc(C(F)(F)F)nc1. The quantitative estimate of drug-likeness (QED) is 0.663. The van der Waals surface area contributed by atoms with Crippen molar-refractivity contribution in [2.24, 2.45) is 0 Å². The Morgan fingerprint density at radius 1 is 1.04 bits per heavy atom. The average molecular weight is 390 g/mol. The molecule has 0 saturated heterocycles. The summed E-state index contributed by atoms with van der Waals surface area (Å²) >= 11 is 0. The van der Waals surface area contributed by atoms with E-state index in [1.807, 2.05) is 37.3 Å². The van der Waals surface area contributed by atoms with Gasteiger partial charge in [-0.05, 0) is 31.5 Å². The highest BCUT2D eigenvalue weighted by Crippen LogP contribution is 2.29. The average Bonchev–Trinajstić information content (AvgIpc) is 3.12. The third kappa shape index (κ3) is 4.33. The molecule has 0 fully saturated rings. The van der Waals surface area contributed by atoms with Crippen molar-refractivity contribution in [3.8, 4) is 11.6 Å². The molecule has 28 heavy (non-hydrogen) atoms. The summed E-state index contributed by atoms with van der Waals surface area (Å²) < 4.78 is 44.9. The molecule has 0 aliphatic rings. The molecule has 3 aromatic rings. The number of pyridine rings is 1. The van der Waals surface area contributed by atoms with Crippen molar-refractivity contribution in [1.29, 1.82) is 0 Å². The highest BCUT2D eigenvalue weighted by atomic mass is 19.4. The van der Waals surface area contributed by atoms with Gasteiger partial charge in [0.15, 0.2) is 0 Å². The summed E-state index contributed by atoms with van der Waals surface area (Å²) in [4.78, 5) is 3.49. The highest BCUT2D eigenvalue weighted by Gasteiger charge is 2.32. The molecule has 8 heteroatoms. The molecule has 0 amide bonds. The van der Waals surface area contributed by atoms with Gasteiger partial charge in [-0.25, -0.2) is 4.98 Å². The van der Waals surface area contributed by atoms with Gasteiger partial charge in [-0.3, -0.25) is 0 Å². The number of nitrogens with one attached hydrogen (secondary N) is 1. The van der Waals surface area contributed by atoms with Crippen LogP contribution in [0, 0.1) is 0 Å². The van der Waals surface area contributed by atoms with E-state index < -0.39 is 11.9 Å². The number of methoxy groups -OCH3 is 1. The zero-order chi connectivity index (χ0) is 20.3. The first kappa shape index (κ1) is 19.9. The number of hydrogen-bond acceptors (Lipinski definition) is 4. The molecule has 1 unspecified atom stereocenters. The summed E-state index contributed by atoms with van der Waals surface area (Å²) in [5.41, 5.74) is 1.29. The molecule has 3 rings (SSSR count). The van der Waals surface area contributed by atoms with Crippen molar-refractivity contribution in [3.63, 3.8) is 0 Å². The fraction of sp³-hybridized carbons (Fsp3) is 0.300. The Labute approximate surface area is 161 Å². The summed E-state index contributed by atoms with van der Waals surface area (Å²) in [5, 5.41) is 7.96. The van der Waals surface area contributed by atoms with Crippen LogP contribution in [0.5, 0.6) is 5.88 Å². The Balaban J connectivity index is 1.82. The number of halogens is 3. The number of nitrogens with zero attached hydrogens (tertiary/aromatic N) is 3. The molecule has 0 saturated carbocycles. The monoisotopic (exact) mass is 390 g/mol. The molecule has 1 aromatic carbocycles. The molecular formula is C20H21F3N4O. The van der Waals surface area contributed by atoms with E-state index in [2.05, 4.69) is 22.3 Å². The van der Waals surface area contributed by atoms with Gasteiger partial charge in [0.2, 0.25) is 5.88 Å². The molecule has 1 N–H and O–H groups in total. The van der Waals surface area contributed by atoms with Crippen LogP contribution in [-0.4, -0.2) is 21.9 Å². The Bertz CT molecular complexity index is 907. The second kappa shape index (κ2) is 8.02. The topological polar surface area (TPSA) is 52.0 Å². The lowest BCUT2D eigenvalue weighted by Gasteiger charge is -2.18. The van der Waals surface area contributed by atoms with Crippen molar-refractivity contribution < 1.29 is 17.9 Å². The highest BCUT2D eigenvalue weighted by molar-refractivity contribution is 5.35. The minimum atomic E-state index is -4.48. The Kier molecular flexibility index (Phi) is 5.69. The zero-order valence-electron chi connectivity index (χ0n) is 15.7. The van der Waals surface area contributed by atoms with Gasteiger partial charge in [-0.2, -0.15) is 23.0 Å². The van der Waals surface area contributed by atoms with Gasteiger partial charge in [-0.1, -0.05) is 30.3 Å². The molecule has 5 nitrogen and oxygen atoms in total. The molecule has 0 spiro atoms. The number of hydrogen-bond donors (Lipinski definition) is 1. The van der Waals surface area contributed by atoms with Crippen molar-refractivity contribution >= 4 is 0 Å². The molecule has 0 aliphatic heterocycles. The lowest BCUT2D eigenvalue weighted by atomic mass is 10.1. The Morgan fingerprint density at radius 2 is 1.75 bits per heavy atom. The van der Waals surface area contributed by atoms with Gasteiger partial charge in [0.1, 0.15) is 5.69 Å². The smallest absolute Gasteiger partial charge is 0.433 e. The number of benzene rings is 1. The summed E-state index contributed by atoms with van der Waals surface area (Å²) in [5.74, 6) is 0.414. The van der Waals surface area contributed by atoms with Gasteiger partial charge in [0.25, 0.3) is 0 Å². The molecule has 148 valence electrons. The van der Waals surface area contributed by atoms with E-state index in [4.69, 9.17) is 4.74 Å². The van der Waals surface area contributed by atoms with Crippen LogP contribution in [0.1, 0.15) is 42.9 Å². The molecular weight excluding hydrogens is 369 g/mol. The third-order valence-corrected chi connectivity index (χ3v) is 4.43. The van der Waals surface area contributed by atoms with Crippen LogP contribution in [-0.2, 0) is 6.18 Å². The first-order chi connectivity index (χ1) is 13.3. The van der Waals surface area contributed by atoms with Gasteiger partial charge in [-0.15, -0.1) is 0 Å². The number of alkyl halides is 3. The van der Waals surface area contributed by atoms with E-state index in [0.29, 0.717) is 17.3 Å². The first-order valence-corrected chi connectivity index (χ1v) is 8.78. The molecule has 0 aliphatic carbocycles. The maximum Gasteiger partial charge on any atom is 0.433 e. The molecule has 2 heterocycles. The standard InChI is InChI=1S/C20H21F3N4O/c1-13(15-7-5-4-6-8-15)25-14(2)17-11-19(28-3)27(26-17)16-9-10-18(24-12-16)20(21,22)23/h4-14,25H,1-3H3/t13-,14?/m1/s1. The van der Waals surface area contributed by atoms with Crippen LogP contribution in [0.2, 0.25) is 0 Å². The van der Waals surface area contributed by atoms with Gasteiger partial charge >= 0.3 is 6.18 Å². The van der Waals surface area contributed by atoms with Gasteiger partial charge in [0, 0.05) is 18.2 Å². The van der Waals surface area contributed by atoms with E-state index in [-0.39, 0.29) is 12.1 Å². The van der Waals surface area contributed by atoms with Gasteiger partial charge < -0.3 is 10.1 Å². The van der Waals surface area contributed by atoms with Crippen LogP contribution < -0.4 is 10.1 Å². The predicted molar refractivity (Wildman–Crippen MR) is 99.3 cm³/mol. The minimum absolute atomic E-state index is 0.0973. The summed E-state index contributed by atoms with van der Waals surface area (Å²) in [6.45, 7) is 4.02. The fourth-order valence-electron chi connectivity index (χ4n) is 2.90. The zero-order valence-corrected chi connectivity index (χ0v) is 15.7. The van der Waals surface area contributed by atoms with E-state index in [1.54, 1.807) is 6.07 Å². The third-order valence-electron chi connectivity index (χ3n) is 4.43. The normalized spacial score (nSPS) is 13.9. The van der Waals surface area contributed by atoms with Crippen LogP contribution in [0.15, 0.2) is 54.7 Å². The summed E-state index contributed by atoms with van der Waals surface area (Å²) in [7, 11) is 1.49. The van der Waals surface area contributed by atoms with E-state index in [0.717, 1.165) is 17.8 Å². The Hall–Kier alpha value is -2.87. The van der Waals surface area contributed by atoms with E-state index in [9.17, 15) is 13.2 Å². The predicted octanol–water partition coefficient (Wildman–Crippen LogP) is 4.71. The van der Waals surface area contributed by atoms with E-state index in [1.165, 1.54) is 17.9 Å². The lowest BCUT2D eigenvalue weighted by Crippen LogP contribution is -2.23. The summed E-state index contributed by atoms with van der Waals surface area (Å²) in [6.07, 6.45) is -3.35. The van der Waals surface area contributed by atoms with Crippen molar-refractivity contribution in [2.75, 3.05) is 7.11 Å². The Morgan fingerprint density at radius 3 is 2.32 bits per heavy atom. The molecule has 0 radical (unpaired) electrons. The lowest BCUT2D eigenvalue weighted by molar-refractivity contribution is -0.141. The van der Waals surface area contributed by atoms with Crippen LogP contribution >= 0.6 is 0 Å².